The number of aliphatic hydroxyl groups excluding tert-OH is 1. The number of amides is 1. The molecule has 0 radical (unpaired) electrons. The summed E-state index contributed by atoms with van der Waals surface area (Å²) >= 11 is 3.48. The van der Waals surface area contributed by atoms with E-state index >= 15 is 0 Å². The Hall–Kier alpha value is -0.520. The Kier molecular flexibility index (Phi) is 5.30. The maximum atomic E-state index is 12.3. The van der Waals surface area contributed by atoms with Gasteiger partial charge in [0.25, 0.3) is 0 Å². The van der Waals surface area contributed by atoms with Crippen molar-refractivity contribution in [1.82, 2.24) is 5.32 Å². The van der Waals surface area contributed by atoms with Crippen molar-refractivity contribution in [1.29, 1.82) is 0 Å². The number of nitrogens with one attached hydrogen (secondary N) is 1. The van der Waals surface area contributed by atoms with Gasteiger partial charge in [-0.15, -0.1) is 23.1 Å². The van der Waals surface area contributed by atoms with Crippen molar-refractivity contribution in [2.75, 3.05) is 12.3 Å². The highest BCUT2D eigenvalue weighted by Gasteiger charge is 2.27. The summed E-state index contributed by atoms with van der Waals surface area (Å²) in [5, 5.41) is 14.4. The monoisotopic (exact) mass is 299 g/mol. The van der Waals surface area contributed by atoms with Crippen LogP contribution < -0.4 is 5.32 Å². The van der Waals surface area contributed by atoms with Crippen LogP contribution in [-0.4, -0.2) is 29.4 Å². The van der Waals surface area contributed by atoms with Gasteiger partial charge in [-0.25, -0.2) is 0 Å². The largest absolute Gasteiger partial charge is 0.393 e. The van der Waals surface area contributed by atoms with E-state index in [0.29, 0.717) is 12.5 Å². The van der Waals surface area contributed by atoms with Gasteiger partial charge >= 0.3 is 0 Å². The first-order chi connectivity index (χ1) is 9.08. The molecule has 19 heavy (non-hydrogen) atoms. The summed E-state index contributed by atoms with van der Waals surface area (Å²) in [5.74, 6) is 1.44. The lowest BCUT2D eigenvalue weighted by Gasteiger charge is -2.22. The van der Waals surface area contributed by atoms with Crippen LogP contribution in [0.1, 0.15) is 36.0 Å². The average Bonchev–Trinajstić information content (AvgIpc) is 2.83. The molecule has 3 atom stereocenters. The van der Waals surface area contributed by atoms with Crippen molar-refractivity contribution in [2.45, 2.75) is 38.0 Å². The summed E-state index contributed by atoms with van der Waals surface area (Å²) in [6, 6.07) is 2.08. The standard InChI is InChI=1S/C14H21NO2S2/c1-9(7-10(2)16)8-15-14(17)13-11-3-5-18-12(11)4-6-19-13/h3,5,9-10,13,16H,4,6-8H2,1-2H3,(H,15,17). The Morgan fingerprint density at radius 3 is 3.11 bits per heavy atom. The lowest BCUT2D eigenvalue weighted by atomic mass is 10.0. The van der Waals surface area contributed by atoms with E-state index in [1.807, 2.05) is 0 Å². The topological polar surface area (TPSA) is 49.3 Å². The summed E-state index contributed by atoms with van der Waals surface area (Å²) in [5.41, 5.74) is 1.20. The summed E-state index contributed by atoms with van der Waals surface area (Å²) in [6.45, 7) is 4.48. The third kappa shape index (κ3) is 3.97. The predicted molar refractivity (Wildman–Crippen MR) is 81.7 cm³/mol. The SMILES string of the molecule is CC(O)CC(C)CNC(=O)C1SCCc2sccc21. The van der Waals surface area contributed by atoms with Crippen LogP contribution in [0.4, 0.5) is 0 Å². The highest BCUT2D eigenvalue weighted by Crippen LogP contribution is 2.39. The molecule has 0 saturated heterocycles. The fourth-order valence-electron chi connectivity index (χ4n) is 2.40. The van der Waals surface area contributed by atoms with Crippen molar-refractivity contribution in [3.05, 3.63) is 21.9 Å². The zero-order valence-electron chi connectivity index (χ0n) is 11.4. The van der Waals surface area contributed by atoms with E-state index < -0.39 is 0 Å². The molecular weight excluding hydrogens is 278 g/mol. The molecule has 1 aliphatic heterocycles. The van der Waals surface area contributed by atoms with E-state index in [9.17, 15) is 9.90 Å². The van der Waals surface area contributed by atoms with Gasteiger partial charge in [0, 0.05) is 11.4 Å². The van der Waals surface area contributed by atoms with E-state index in [0.717, 1.165) is 18.6 Å². The van der Waals surface area contributed by atoms with Gasteiger partial charge in [-0.2, -0.15) is 0 Å². The van der Waals surface area contributed by atoms with Crippen molar-refractivity contribution in [3.8, 4) is 0 Å². The van der Waals surface area contributed by atoms with Crippen LogP contribution >= 0.6 is 23.1 Å². The zero-order chi connectivity index (χ0) is 13.8. The van der Waals surface area contributed by atoms with Gasteiger partial charge in [0.15, 0.2) is 0 Å². The van der Waals surface area contributed by atoms with Gasteiger partial charge in [0.1, 0.15) is 5.25 Å². The first-order valence-electron chi connectivity index (χ1n) is 6.71. The third-order valence-corrected chi connectivity index (χ3v) is 5.52. The lowest BCUT2D eigenvalue weighted by Crippen LogP contribution is -2.33. The Bertz CT molecular complexity index is 431. The minimum atomic E-state index is -0.306. The molecule has 0 fully saturated rings. The first kappa shape index (κ1) is 14.9. The zero-order valence-corrected chi connectivity index (χ0v) is 13.0. The maximum absolute atomic E-state index is 12.3. The molecule has 0 saturated carbocycles. The van der Waals surface area contributed by atoms with Gasteiger partial charge in [0.2, 0.25) is 5.91 Å². The minimum absolute atomic E-state index is 0.0475. The van der Waals surface area contributed by atoms with Crippen molar-refractivity contribution >= 4 is 29.0 Å². The van der Waals surface area contributed by atoms with Gasteiger partial charge in [-0.3, -0.25) is 4.79 Å². The van der Waals surface area contributed by atoms with Crippen LogP contribution in [0.3, 0.4) is 0 Å². The van der Waals surface area contributed by atoms with E-state index in [4.69, 9.17) is 0 Å². The van der Waals surface area contributed by atoms with Crippen molar-refractivity contribution in [3.63, 3.8) is 0 Å². The molecular formula is C14H21NO2S2. The molecule has 1 amide bonds. The molecule has 0 aliphatic carbocycles. The minimum Gasteiger partial charge on any atom is -0.393 e. The summed E-state index contributed by atoms with van der Waals surface area (Å²) in [4.78, 5) is 13.6. The highest BCUT2D eigenvalue weighted by molar-refractivity contribution is 8.00. The van der Waals surface area contributed by atoms with Crippen LogP contribution in [0.5, 0.6) is 0 Å². The number of aliphatic hydroxyl groups is 1. The summed E-state index contributed by atoms with van der Waals surface area (Å²) in [7, 11) is 0. The summed E-state index contributed by atoms with van der Waals surface area (Å²) in [6.07, 6.45) is 1.50. The Labute approximate surface area is 122 Å². The highest BCUT2D eigenvalue weighted by atomic mass is 32.2. The number of carbonyl (C=O) groups is 1. The van der Waals surface area contributed by atoms with Crippen LogP contribution in [-0.2, 0) is 11.2 Å². The molecule has 2 N–H and O–H groups in total. The maximum Gasteiger partial charge on any atom is 0.237 e. The Morgan fingerprint density at radius 2 is 2.37 bits per heavy atom. The smallest absolute Gasteiger partial charge is 0.237 e. The first-order valence-corrected chi connectivity index (χ1v) is 8.64. The van der Waals surface area contributed by atoms with Crippen LogP contribution in [0, 0.1) is 5.92 Å². The Morgan fingerprint density at radius 1 is 1.58 bits per heavy atom. The number of carbonyl (C=O) groups excluding carboxylic acids is 1. The molecule has 2 heterocycles. The molecule has 3 nitrogen and oxygen atoms in total. The second-order valence-corrected chi connectivity index (χ2v) is 7.45. The molecule has 1 aromatic heterocycles. The Balaban J connectivity index is 1.88. The molecule has 106 valence electrons. The fraction of sp³-hybridized carbons (Fsp3) is 0.643. The molecule has 0 spiro atoms. The molecule has 5 heteroatoms. The number of rotatable bonds is 5. The van der Waals surface area contributed by atoms with Gasteiger partial charge < -0.3 is 10.4 Å². The third-order valence-electron chi connectivity index (χ3n) is 3.28. The lowest BCUT2D eigenvalue weighted by molar-refractivity contribution is -0.120. The summed E-state index contributed by atoms with van der Waals surface area (Å²) < 4.78 is 0. The van der Waals surface area contributed by atoms with Gasteiger partial charge in [0.05, 0.1) is 6.10 Å². The quantitative estimate of drug-likeness (QED) is 0.878. The van der Waals surface area contributed by atoms with Crippen LogP contribution in [0.15, 0.2) is 11.4 Å². The van der Waals surface area contributed by atoms with Gasteiger partial charge in [-0.05, 0) is 48.4 Å². The molecule has 3 unspecified atom stereocenters. The van der Waals surface area contributed by atoms with E-state index in [1.54, 1.807) is 30.0 Å². The van der Waals surface area contributed by atoms with Gasteiger partial charge in [-0.1, -0.05) is 6.92 Å². The molecule has 1 aromatic rings. The molecule has 2 rings (SSSR count). The molecule has 0 bridgehead atoms. The van der Waals surface area contributed by atoms with Crippen molar-refractivity contribution < 1.29 is 9.90 Å². The van der Waals surface area contributed by atoms with Crippen LogP contribution in [0.2, 0.25) is 0 Å². The van der Waals surface area contributed by atoms with E-state index in [1.165, 1.54) is 10.4 Å². The predicted octanol–water partition coefficient (Wildman–Crippen LogP) is 2.60. The fourth-order valence-corrected chi connectivity index (χ4v) is 4.71. The van der Waals surface area contributed by atoms with E-state index in [2.05, 4.69) is 23.7 Å². The number of thioether (sulfide) groups is 1. The molecule has 1 aliphatic rings. The normalized spacial score (nSPS) is 21.5. The average molecular weight is 299 g/mol. The second kappa shape index (κ2) is 6.77. The number of hydrogen-bond acceptors (Lipinski definition) is 4. The van der Waals surface area contributed by atoms with E-state index in [-0.39, 0.29) is 17.3 Å². The number of thiophene rings is 1. The molecule has 0 aromatic carbocycles. The number of hydrogen-bond donors (Lipinski definition) is 2. The number of fused-ring (bicyclic) bond motifs is 1. The number of aryl methyl sites for hydroxylation is 1. The second-order valence-electron chi connectivity index (χ2n) is 5.23. The van der Waals surface area contributed by atoms with Crippen LogP contribution in [0.25, 0.3) is 0 Å². The van der Waals surface area contributed by atoms with Crippen molar-refractivity contribution in [2.24, 2.45) is 5.92 Å².